The molecule has 4 rings (SSSR count). The summed E-state index contributed by atoms with van der Waals surface area (Å²) in [6, 6.07) is 1.01. The Bertz CT molecular complexity index is 687. The number of thioether (sulfide) groups is 1. The van der Waals surface area contributed by atoms with Gasteiger partial charge in [0.15, 0.2) is 5.67 Å². The summed E-state index contributed by atoms with van der Waals surface area (Å²) in [5.41, 5.74) is 1.57. The van der Waals surface area contributed by atoms with Crippen molar-refractivity contribution in [2.24, 2.45) is 5.92 Å². The van der Waals surface area contributed by atoms with E-state index in [-0.39, 0.29) is 11.3 Å². The Balaban J connectivity index is 1.27. The molecule has 1 saturated heterocycles. The fourth-order valence-electron chi connectivity index (χ4n) is 6.64. The molecule has 0 aromatic rings. The van der Waals surface area contributed by atoms with Crippen molar-refractivity contribution in [1.29, 1.82) is 0 Å². The van der Waals surface area contributed by atoms with E-state index < -0.39 is 11.6 Å². The highest BCUT2D eigenvalue weighted by atomic mass is 32.2. The van der Waals surface area contributed by atoms with Gasteiger partial charge in [0.2, 0.25) is 0 Å². The Morgan fingerprint density at radius 3 is 2.46 bits per heavy atom. The van der Waals surface area contributed by atoms with Crippen LogP contribution in [0.5, 0.6) is 0 Å². The second-order valence-electron chi connectivity index (χ2n) is 12.2. The van der Waals surface area contributed by atoms with Gasteiger partial charge in [-0.1, -0.05) is 32.6 Å². The average Bonchev–Trinajstić information content (AvgIpc) is 2.89. The maximum absolute atomic E-state index is 15.0. The molecule has 0 aromatic carbocycles. The first-order valence-electron chi connectivity index (χ1n) is 15.0. The standard InChI is InChI=1S/C28H51FN4O2S2/c1-21-18-33(19-21)16-13-22(20-36-23-9-5-3-6-10-23)30-25-12-11-24(17-26(25)31-35-2)37-32-27(34)28(29)14-7-4-8-15-28/h21-26,30-31H,3-20H2,1-2H3,(H,32,34). The number of amides is 1. The Morgan fingerprint density at radius 2 is 1.76 bits per heavy atom. The molecule has 3 saturated carbocycles. The molecule has 0 bridgehead atoms. The van der Waals surface area contributed by atoms with Gasteiger partial charge in [0.05, 0.1) is 7.11 Å². The number of nitrogens with zero attached hydrogens (tertiary/aromatic N) is 1. The minimum Gasteiger partial charge on any atom is -0.309 e. The second-order valence-corrected chi connectivity index (χ2v) is 14.6. The van der Waals surface area contributed by atoms with Gasteiger partial charge in [0.1, 0.15) is 0 Å². The van der Waals surface area contributed by atoms with E-state index >= 15 is 4.39 Å². The van der Waals surface area contributed by atoms with Crippen molar-refractivity contribution >= 4 is 29.6 Å². The molecule has 4 aliphatic rings. The first kappa shape index (κ1) is 29.9. The molecule has 0 spiro atoms. The van der Waals surface area contributed by atoms with E-state index in [9.17, 15) is 4.79 Å². The molecule has 9 heteroatoms. The van der Waals surface area contributed by atoms with E-state index in [1.165, 1.54) is 75.9 Å². The van der Waals surface area contributed by atoms with Gasteiger partial charge in [-0.15, -0.1) is 0 Å². The maximum Gasteiger partial charge on any atom is 0.267 e. The third kappa shape index (κ3) is 9.24. The van der Waals surface area contributed by atoms with Gasteiger partial charge in [0, 0.05) is 47.5 Å². The fraction of sp³-hybridized carbons (Fsp3) is 0.964. The number of alkyl halides is 1. The molecule has 37 heavy (non-hydrogen) atoms. The van der Waals surface area contributed by atoms with E-state index in [2.05, 4.69) is 39.1 Å². The van der Waals surface area contributed by atoms with Gasteiger partial charge in [-0.3, -0.25) is 9.52 Å². The Kier molecular flexibility index (Phi) is 12.2. The smallest absolute Gasteiger partial charge is 0.267 e. The summed E-state index contributed by atoms with van der Waals surface area (Å²) >= 11 is 3.62. The minimum atomic E-state index is -1.67. The first-order chi connectivity index (χ1) is 17.9. The van der Waals surface area contributed by atoms with Crippen LogP contribution in [0.25, 0.3) is 0 Å². The number of nitrogens with one attached hydrogen (secondary N) is 3. The molecule has 1 amide bonds. The molecule has 0 radical (unpaired) electrons. The average molecular weight is 559 g/mol. The Morgan fingerprint density at radius 1 is 1.03 bits per heavy atom. The van der Waals surface area contributed by atoms with Crippen molar-refractivity contribution in [3.05, 3.63) is 0 Å². The van der Waals surface area contributed by atoms with Crippen molar-refractivity contribution in [2.75, 3.05) is 32.5 Å². The van der Waals surface area contributed by atoms with Crippen LogP contribution in [0.1, 0.15) is 96.8 Å². The van der Waals surface area contributed by atoms with E-state index in [0.717, 1.165) is 49.7 Å². The molecule has 3 aliphatic carbocycles. The van der Waals surface area contributed by atoms with Crippen LogP contribution in [-0.2, 0) is 9.63 Å². The third-order valence-corrected chi connectivity index (χ3v) is 11.5. The van der Waals surface area contributed by atoms with E-state index in [4.69, 9.17) is 4.84 Å². The normalized spacial score (nSPS) is 30.5. The third-order valence-electron chi connectivity index (χ3n) is 8.91. The van der Waals surface area contributed by atoms with Gasteiger partial charge in [-0.25, -0.2) is 4.39 Å². The van der Waals surface area contributed by atoms with E-state index in [1.54, 1.807) is 7.11 Å². The van der Waals surface area contributed by atoms with Gasteiger partial charge in [-0.2, -0.15) is 17.2 Å². The number of halogens is 1. The van der Waals surface area contributed by atoms with Crippen LogP contribution < -0.4 is 15.5 Å². The molecule has 1 aliphatic heterocycles. The van der Waals surface area contributed by atoms with Crippen molar-refractivity contribution in [3.8, 4) is 0 Å². The summed E-state index contributed by atoms with van der Waals surface area (Å²) in [6.07, 6.45) is 14.4. The zero-order valence-electron chi connectivity index (χ0n) is 23.2. The highest BCUT2D eigenvalue weighted by Gasteiger charge is 2.40. The van der Waals surface area contributed by atoms with Crippen LogP contribution in [0.15, 0.2) is 0 Å². The number of hydrogen-bond donors (Lipinski definition) is 3. The molecular formula is C28H51FN4O2S2. The summed E-state index contributed by atoms with van der Waals surface area (Å²) in [5.74, 6) is 1.60. The zero-order chi connectivity index (χ0) is 26.1. The van der Waals surface area contributed by atoms with Crippen LogP contribution in [0, 0.1) is 5.92 Å². The van der Waals surface area contributed by atoms with Crippen LogP contribution in [0.3, 0.4) is 0 Å². The molecule has 4 unspecified atom stereocenters. The van der Waals surface area contributed by atoms with Crippen molar-refractivity contribution in [2.45, 2.75) is 131 Å². The molecule has 3 N–H and O–H groups in total. The molecule has 0 aromatic heterocycles. The van der Waals surface area contributed by atoms with Crippen molar-refractivity contribution in [1.82, 2.24) is 20.4 Å². The fourth-order valence-corrected chi connectivity index (χ4v) is 9.09. The lowest BCUT2D eigenvalue weighted by molar-refractivity contribution is -0.132. The van der Waals surface area contributed by atoms with E-state index in [1.807, 2.05) is 0 Å². The van der Waals surface area contributed by atoms with Gasteiger partial charge < -0.3 is 15.1 Å². The zero-order valence-corrected chi connectivity index (χ0v) is 24.8. The second kappa shape index (κ2) is 15.1. The topological polar surface area (TPSA) is 65.6 Å². The number of hydroxylamine groups is 1. The molecule has 1 heterocycles. The molecular weight excluding hydrogens is 507 g/mol. The number of likely N-dealkylation sites (tertiary alicyclic amines) is 1. The molecule has 4 fully saturated rings. The van der Waals surface area contributed by atoms with Crippen LogP contribution in [-0.4, -0.2) is 77.6 Å². The number of rotatable bonds is 13. The number of carbonyl (C=O) groups is 1. The first-order valence-corrected chi connectivity index (χ1v) is 16.9. The van der Waals surface area contributed by atoms with Gasteiger partial charge >= 0.3 is 0 Å². The summed E-state index contributed by atoms with van der Waals surface area (Å²) in [4.78, 5) is 20.6. The number of hydrogen-bond acceptors (Lipinski definition) is 7. The predicted molar refractivity (Wildman–Crippen MR) is 154 cm³/mol. The largest absolute Gasteiger partial charge is 0.309 e. The monoisotopic (exact) mass is 558 g/mol. The predicted octanol–water partition coefficient (Wildman–Crippen LogP) is 5.23. The lowest BCUT2D eigenvalue weighted by Gasteiger charge is -2.40. The summed E-state index contributed by atoms with van der Waals surface area (Å²) in [5, 5.41) is 5.13. The molecule has 214 valence electrons. The Labute approximate surface area is 233 Å². The van der Waals surface area contributed by atoms with Gasteiger partial charge in [0.25, 0.3) is 5.91 Å². The number of carbonyl (C=O) groups excluding carboxylic acids is 1. The maximum atomic E-state index is 15.0. The van der Waals surface area contributed by atoms with Crippen LogP contribution >= 0.6 is 23.7 Å². The summed E-state index contributed by atoms with van der Waals surface area (Å²) in [6.45, 7) is 6.00. The Hall–Kier alpha value is -0.0600. The summed E-state index contributed by atoms with van der Waals surface area (Å²) in [7, 11) is 1.69. The highest BCUT2D eigenvalue weighted by molar-refractivity contribution is 8.00. The highest BCUT2D eigenvalue weighted by Crippen LogP contribution is 2.34. The van der Waals surface area contributed by atoms with Crippen LogP contribution in [0.4, 0.5) is 4.39 Å². The van der Waals surface area contributed by atoms with Gasteiger partial charge in [-0.05, 0) is 88.6 Å². The van der Waals surface area contributed by atoms with E-state index in [0.29, 0.717) is 24.9 Å². The van der Waals surface area contributed by atoms with Crippen molar-refractivity contribution in [3.63, 3.8) is 0 Å². The summed E-state index contributed by atoms with van der Waals surface area (Å²) < 4.78 is 17.9. The SMILES string of the molecule is CONC1CC(SNC(=O)C2(F)CCCCC2)CCC1NC(CCN1CC(C)C1)CSC1CCCCC1. The molecule has 4 atom stereocenters. The van der Waals surface area contributed by atoms with Crippen molar-refractivity contribution < 1.29 is 14.0 Å². The quantitative estimate of drug-likeness (QED) is 0.211. The minimum absolute atomic E-state index is 0.174. The lowest BCUT2D eigenvalue weighted by Crippen LogP contribution is -2.56. The van der Waals surface area contributed by atoms with Crippen LogP contribution in [0.2, 0.25) is 0 Å². The molecule has 6 nitrogen and oxygen atoms in total. The lowest BCUT2D eigenvalue weighted by atomic mass is 9.86.